The molecule has 1 unspecified atom stereocenters. The predicted octanol–water partition coefficient (Wildman–Crippen LogP) is 2.90. The van der Waals surface area contributed by atoms with Gasteiger partial charge in [-0.3, -0.25) is 14.5 Å². The van der Waals surface area contributed by atoms with Gasteiger partial charge in [-0.15, -0.1) is 0 Å². The van der Waals surface area contributed by atoms with Gasteiger partial charge in [-0.2, -0.15) is 5.10 Å². The van der Waals surface area contributed by atoms with Gasteiger partial charge in [-0.05, 0) is 61.6 Å². The molecule has 2 aliphatic rings. The first-order valence-corrected chi connectivity index (χ1v) is 9.22. The van der Waals surface area contributed by atoms with Gasteiger partial charge in [0.1, 0.15) is 0 Å². The molecule has 0 N–H and O–H groups in total. The summed E-state index contributed by atoms with van der Waals surface area (Å²) >= 11 is 3.77. The fourth-order valence-corrected chi connectivity index (χ4v) is 4.43. The van der Waals surface area contributed by atoms with Crippen LogP contribution in [0.1, 0.15) is 44.5 Å². The second-order valence-corrected chi connectivity index (χ2v) is 7.09. The summed E-state index contributed by atoms with van der Waals surface area (Å²) in [5.41, 5.74) is 2.55. The lowest BCUT2D eigenvalue weighted by atomic mass is 10.2. The molecule has 1 aromatic rings. The van der Waals surface area contributed by atoms with Crippen molar-refractivity contribution in [1.82, 2.24) is 19.6 Å². The third-order valence-electron chi connectivity index (χ3n) is 4.97. The van der Waals surface area contributed by atoms with Crippen molar-refractivity contribution in [3.05, 3.63) is 15.9 Å². The van der Waals surface area contributed by atoms with E-state index in [0.717, 1.165) is 25.6 Å². The van der Waals surface area contributed by atoms with Crippen molar-refractivity contribution in [2.45, 2.75) is 58.7 Å². The third-order valence-corrected chi connectivity index (χ3v) is 5.89. The summed E-state index contributed by atoms with van der Waals surface area (Å²) in [5, 5.41) is 4.72. The van der Waals surface area contributed by atoms with Gasteiger partial charge in [0.25, 0.3) is 0 Å². The molecular weight excluding hydrogens is 328 g/mol. The van der Waals surface area contributed by atoms with Gasteiger partial charge < -0.3 is 0 Å². The number of nitrogens with zero attached hydrogens (tertiary/aromatic N) is 4. The van der Waals surface area contributed by atoms with Crippen LogP contribution in [0.3, 0.4) is 0 Å². The van der Waals surface area contributed by atoms with Crippen molar-refractivity contribution in [2.75, 3.05) is 26.2 Å². The molecule has 0 spiro atoms. The van der Waals surface area contributed by atoms with E-state index < -0.39 is 0 Å². The average Bonchev–Trinajstić information content (AvgIpc) is 3.21. The van der Waals surface area contributed by atoms with E-state index in [2.05, 4.69) is 44.3 Å². The Balaban J connectivity index is 1.66. The number of hydrogen-bond acceptors (Lipinski definition) is 3. The molecule has 21 heavy (non-hydrogen) atoms. The molecule has 3 heterocycles. The molecule has 0 bridgehead atoms. The molecule has 1 atom stereocenters. The molecule has 2 fully saturated rings. The Labute approximate surface area is 136 Å². The summed E-state index contributed by atoms with van der Waals surface area (Å²) in [6.07, 6.45) is 5.12. The monoisotopic (exact) mass is 354 g/mol. The number of rotatable bonds is 5. The summed E-state index contributed by atoms with van der Waals surface area (Å²) in [7, 11) is 0. The topological polar surface area (TPSA) is 24.3 Å². The Morgan fingerprint density at radius 2 is 1.95 bits per heavy atom. The lowest BCUT2D eigenvalue weighted by Crippen LogP contribution is -2.35. The lowest BCUT2D eigenvalue weighted by molar-refractivity contribution is 0.227. The number of hydrogen-bond donors (Lipinski definition) is 0. The SMILES string of the molecule is CCc1nn(CC)c(CN2CCC(N3CCCC3)C2)c1Br. The molecule has 5 heteroatoms. The molecule has 0 radical (unpaired) electrons. The van der Waals surface area contributed by atoms with Crippen molar-refractivity contribution < 1.29 is 0 Å². The number of halogens is 1. The van der Waals surface area contributed by atoms with E-state index in [-0.39, 0.29) is 0 Å². The first kappa shape index (κ1) is 15.5. The minimum absolute atomic E-state index is 0.787. The molecule has 2 aliphatic heterocycles. The van der Waals surface area contributed by atoms with Gasteiger partial charge >= 0.3 is 0 Å². The molecule has 2 saturated heterocycles. The molecule has 0 amide bonds. The molecule has 4 nitrogen and oxygen atoms in total. The largest absolute Gasteiger partial charge is 0.299 e. The van der Waals surface area contributed by atoms with E-state index in [1.165, 1.54) is 61.3 Å². The predicted molar refractivity (Wildman–Crippen MR) is 89.5 cm³/mol. The van der Waals surface area contributed by atoms with Crippen molar-refractivity contribution in [3.8, 4) is 0 Å². The second kappa shape index (κ2) is 6.80. The smallest absolute Gasteiger partial charge is 0.0767 e. The molecule has 3 rings (SSSR count). The highest BCUT2D eigenvalue weighted by Gasteiger charge is 2.30. The summed E-state index contributed by atoms with van der Waals surface area (Å²) in [4.78, 5) is 5.31. The Morgan fingerprint density at radius 3 is 2.62 bits per heavy atom. The summed E-state index contributed by atoms with van der Waals surface area (Å²) in [5.74, 6) is 0. The standard InChI is InChI=1S/C16H27BrN4/c1-3-14-16(17)15(21(4-2)18-14)12-19-10-7-13(11-19)20-8-5-6-9-20/h13H,3-12H2,1-2H3. The Bertz CT molecular complexity index is 479. The molecule has 118 valence electrons. The van der Waals surface area contributed by atoms with Crippen molar-refractivity contribution >= 4 is 15.9 Å². The summed E-state index contributed by atoms with van der Waals surface area (Å²) in [6.45, 7) is 11.4. The van der Waals surface area contributed by atoms with Gasteiger partial charge in [0.05, 0.1) is 15.9 Å². The highest BCUT2D eigenvalue weighted by molar-refractivity contribution is 9.10. The lowest BCUT2D eigenvalue weighted by Gasteiger charge is -2.23. The minimum atomic E-state index is 0.787. The fraction of sp³-hybridized carbons (Fsp3) is 0.812. The van der Waals surface area contributed by atoms with Crippen molar-refractivity contribution in [2.24, 2.45) is 0 Å². The maximum absolute atomic E-state index is 4.72. The van der Waals surface area contributed by atoms with Crippen LogP contribution >= 0.6 is 15.9 Å². The number of likely N-dealkylation sites (tertiary alicyclic amines) is 2. The molecule has 0 aliphatic carbocycles. The van der Waals surface area contributed by atoms with Crippen molar-refractivity contribution in [3.63, 3.8) is 0 Å². The van der Waals surface area contributed by atoms with Crippen LogP contribution in [-0.2, 0) is 19.5 Å². The highest BCUT2D eigenvalue weighted by Crippen LogP contribution is 2.26. The normalized spacial score (nSPS) is 24.2. The minimum Gasteiger partial charge on any atom is -0.299 e. The van der Waals surface area contributed by atoms with Crippen LogP contribution in [-0.4, -0.2) is 51.8 Å². The summed E-state index contributed by atoms with van der Waals surface area (Å²) in [6, 6.07) is 0.787. The maximum Gasteiger partial charge on any atom is 0.0767 e. The first-order chi connectivity index (χ1) is 10.2. The van der Waals surface area contributed by atoms with E-state index in [1.54, 1.807) is 0 Å². The third kappa shape index (κ3) is 3.20. The van der Waals surface area contributed by atoms with Gasteiger partial charge in [0.15, 0.2) is 0 Å². The molecule has 1 aromatic heterocycles. The summed E-state index contributed by atoms with van der Waals surface area (Å²) < 4.78 is 3.41. The van der Waals surface area contributed by atoms with Gasteiger partial charge in [0, 0.05) is 32.2 Å². The number of aryl methyl sites for hydroxylation is 2. The molecular formula is C16H27BrN4. The van der Waals surface area contributed by atoms with Gasteiger partial charge in [-0.25, -0.2) is 0 Å². The molecule has 0 aromatic carbocycles. The quantitative estimate of drug-likeness (QED) is 0.812. The van der Waals surface area contributed by atoms with E-state index in [1.807, 2.05) is 0 Å². The zero-order chi connectivity index (χ0) is 14.8. The van der Waals surface area contributed by atoms with E-state index in [4.69, 9.17) is 5.10 Å². The second-order valence-electron chi connectivity index (χ2n) is 6.30. The highest BCUT2D eigenvalue weighted by atomic mass is 79.9. The van der Waals surface area contributed by atoms with Gasteiger partial charge in [-0.1, -0.05) is 6.92 Å². The van der Waals surface area contributed by atoms with Crippen LogP contribution in [0.15, 0.2) is 4.47 Å². The van der Waals surface area contributed by atoms with Crippen LogP contribution in [0, 0.1) is 0 Å². The van der Waals surface area contributed by atoms with E-state index in [0.29, 0.717) is 0 Å². The van der Waals surface area contributed by atoms with Crippen LogP contribution in [0.25, 0.3) is 0 Å². The Morgan fingerprint density at radius 1 is 1.19 bits per heavy atom. The van der Waals surface area contributed by atoms with E-state index >= 15 is 0 Å². The average molecular weight is 355 g/mol. The molecule has 0 saturated carbocycles. The van der Waals surface area contributed by atoms with Crippen LogP contribution in [0.2, 0.25) is 0 Å². The zero-order valence-electron chi connectivity index (χ0n) is 13.3. The van der Waals surface area contributed by atoms with Gasteiger partial charge in [0.2, 0.25) is 0 Å². The van der Waals surface area contributed by atoms with Crippen molar-refractivity contribution in [1.29, 1.82) is 0 Å². The Kier molecular flexibility index (Phi) is 5.02. The Hall–Kier alpha value is -0.390. The first-order valence-electron chi connectivity index (χ1n) is 8.43. The maximum atomic E-state index is 4.72. The van der Waals surface area contributed by atoms with Crippen LogP contribution in [0.4, 0.5) is 0 Å². The zero-order valence-corrected chi connectivity index (χ0v) is 14.9. The fourth-order valence-electron chi connectivity index (χ4n) is 3.74. The number of aromatic nitrogens is 2. The van der Waals surface area contributed by atoms with Crippen LogP contribution < -0.4 is 0 Å². The van der Waals surface area contributed by atoms with E-state index in [9.17, 15) is 0 Å². The van der Waals surface area contributed by atoms with Crippen LogP contribution in [0.5, 0.6) is 0 Å².